The second-order valence-electron chi connectivity index (χ2n) is 6.06. The molecule has 0 aromatic heterocycles. The van der Waals surface area contributed by atoms with Gasteiger partial charge in [0.2, 0.25) is 0 Å². The molecule has 3 rings (SSSR count). The van der Waals surface area contributed by atoms with E-state index in [1.165, 1.54) is 12.8 Å². The summed E-state index contributed by atoms with van der Waals surface area (Å²) in [5.41, 5.74) is 1.02. The molecule has 1 saturated carbocycles. The molecule has 1 aliphatic heterocycles. The van der Waals surface area contributed by atoms with Gasteiger partial charge in [-0.25, -0.2) is 4.39 Å². The summed E-state index contributed by atoms with van der Waals surface area (Å²) in [6, 6.07) is 5.36. The van der Waals surface area contributed by atoms with E-state index < -0.39 is 0 Å². The minimum Gasteiger partial charge on any atom is -0.309 e. The molecule has 1 aromatic rings. The van der Waals surface area contributed by atoms with Gasteiger partial charge in [0.25, 0.3) is 0 Å². The first-order valence-electron chi connectivity index (χ1n) is 6.98. The highest BCUT2D eigenvalue weighted by molar-refractivity contribution is 9.10. The molecule has 19 heavy (non-hydrogen) atoms. The molecule has 1 aromatic carbocycles. The van der Waals surface area contributed by atoms with Crippen molar-refractivity contribution in [2.75, 3.05) is 19.6 Å². The van der Waals surface area contributed by atoms with Gasteiger partial charge in [0, 0.05) is 41.8 Å². The Balaban J connectivity index is 1.69. The van der Waals surface area contributed by atoms with Gasteiger partial charge < -0.3 is 5.32 Å². The molecule has 1 saturated heterocycles. The lowest BCUT2D eigenvalue weighted by atomic mass is 9.92. The zero-order chi connectivity index (χ0) is 13.5. The Morgan fingerprint density at radius 2 is 2.26 bits per heavy atom. The fourth-order valence-electron chi connectivity index (χ4n) is 3.12. The third-order valence-corrected chi connectivity index (χ3v) is 4.89. The van der Waals surface area contributed by atoms with Gasteiger partial charge in [-0.15, -0.1) is 0 Å². The standard InChI is InChI=1S/C15H20BrFN2/c1-15(12-3-4-12)10-19(7-6-18-15)9-11-2-5-13(16)8-14(11)17/h2,5,8,12,18H,3-4,6-7,9-10H2,1H3. The van der Waals surface area contributed by atoms with Crippen molar-refractivity contribution in [2.24, 2.45) is 5.92 Å². The van der Waals surface area contributed by atoms with Crippen LogP contribution in [0, 0.1) is 11.7 Å². The molecule has 2 aliphatic rings. The highest BCUT2D eigenvalue weighted by atomic mass is 79.9. The van der Waals surface area contributed by atoms with E-state index in [2.05, 4.69) is 33.1 Å². The van der Waals surface area contributed by atoms with E-state index in [9.17, 15) is 4.39 Å². The molecule has 1 unspecified atom stereocenters. The van der Waals surface area contributed by atoms with Crippen LogP contribution in [-0.2, 0) is 6.54 Å². The van der Waals surface area contributed by atoms with E-state index in [0.717, 1.165) is 35.6 Å². The Morgan fingerprint density at radius 3 is 2.95 bits per heavy atom. The number of rotatable bonds is 3. The Morgan fingerprint density at radius 1 is 1.47 bits per heavy atom. The van der Waals surface area contributed by atoms with Crippen LogP contribution in [0.3, 0.4) is 0 Å². The molecule has 2 fully saturated rings. The fraction of sp³-hybridized carbons (Fsp3) is 0.600. The summed E-state index contributed by atoms with van der Waals surface area (Å²) in [6.07, 6.45) is 2.67. The minimum atomic E-state index is -0.110. The van der Waals surface area contributed by atoms with Crippen LogP contribution in [0.5, 0.6) is 0 Å². The smallest absolute Gasteiger partial charge is 0.128 e. The molecular formula is C15H20BrFN2. The van der Waals surface area contributed by atoms with E-state index in [4.69, 9.17) is 0 Å². The first kappa shape index (κ1) is 13.5. The van der Waals surface area contributed by atoms with Crippen LogP contribution in [0.2, 0.25) is 0 Å². The van der Waals surface area contributed by atoms with E-state index in [1.807, 2.05) is 12.1 Å². The van der Waals surface area contributed by atoms with Crippen LogP contribution in [0.15, 0.2) is 22.7 Å². The first-order chi connectivity index (χ1) is 9.07. The summed E-state index contributed by atoms with van der Waals surface area (Å²) >= 11 is 3.30. The van der Waals surface area contributed by atoms with Crippen LogP contribution < -0.4 is 5.32 Å². The molecule has 0 spiro atoms. The van der Waals surface area contributed by atoms with E-state index in [-0.39, 0.29) is 11.4 Å². The number of nitrogens with one attached hydrogen (secondary N) is 1. The largest absolute Gasteiger partial charge is 0.309 e. The van der Waals surface area contributed by atoms with Crippen molar-refractivity contribution < 1.29 is 4.39 Å². The van der Waals surface area contributed by atoms with Gasteiger partial charge in [-0.2, -0.15) is 0 Å². The van der Waals surface area contributed by atoms with Crippen molar-refractivity contribution >= 4 is 15.9 Å². The van der Waals surface area contributed by atoms with Crippen LogP contribution >= 0.6 is 15.9 Å². The molecular weight excluding hydrogens is 307 g/mol. The SMILES string of the molecule is CC1(C2CC2)CN(Cc2ccc(Br)cc2F)CCN1. The average molecular weight is 327 g/mol. The number of piperazine rings is 1. The predicted molar refractivity (Wildman–Crippen MR) is 78.5 cm³/mol. The van der Waals surface area contributed by atoms with Crippen molar-refractivity contribution in [3.8, 4) is 0 Å². The van der Waals surface area contributed by atoms with Gasteiger partial charge in [0.15, 0.2) is 0 Å². The summed E-state index contributed by atoms with van der Waals surface area (Å²) in [4.78, 5) is 2.38. The molecule has 2 nitrogen and oxygen atoms in total. The van der Waals surface area contributed by atoms with Gasteiger partial charge in [-0.3, -0.25) is 4.90 Å². The Bertz CT molecular complexity index is 475. The third-order valence-electron chi connectivity index (χ3n) is 4.40. The molecule has 1 aliphatic carbocycles. The maximum atomic E-state index is 13.9. The number of hydrogen-bond donors (Lipinski definition) is 1. The highest BCUT2D eigenvalue weighted by Gasteiger charge is 2.43. The fourth-order valence-corrected chi connectivity index (χ4v) is 3.45. The molecule has 1 atom stereocenters. The molecule has 1 heterocycles. The van der Waals surface area contributed by atoms with E-state index >= 15 is 0 Å². The molecule has 4 heteroatoms. The Kier molecular flexibility index (Phi) is 3.67. The van der Waals surface area contributed by atoms with E-state index in [1.54, 1.807) is 6.07 Å². The number of hydrogen-bond acceptors (Lipinski definition) is 2. The van der Waals surface area contributed by atoms with Gasteiger partial charge in [-0.05, 0) is 37.8 Å². The van der Waals surface area contributed by atoms with Gasteiger partial charge in [0.1, 0.15) is 5.82 Å². The molecule has 1 N–H and O–H groups in total. The first-order valence-corrected chi connectivity index (χ1v) is 7.77. The number of halogens is 2. The normalized spacial score (nSPS) is 28.6. The summed E-state index contributed by atoms with van der Waals surface area (Å²) in [7, 11) is 0. The maximum Gasteiger partial charge on any atom is 0.128 e. The lowest BCUT2D eigenvalue weighted by molar-refractivity contribution is 0.120. The highest BCUT2D eigenvalue weighted by Crippen LogP contribution is 2.40. The maximum absolute atomic E-state index is 13.9. The quantitative estimate of drug-likeness (QED) is 0.917. The zero-order valence-corrected chi connectivity index (χ0v) is 12.8. The Labute approximate surface area is 122 Å². The van der Waals surface area contributed by atoms with Crippen molar-refractivity contribution in [1.29, 1.82) is 0 Å². The Hall–Kier alpha value is -0.450. The molecule has 0 bridgehead atoms. The lowest BCUT2D eigenvalue weighted by Gasteiger charge is -2.42. The van der Waals surface area contributed by atoms with Crippen LogP contribution in [-0.4, -0.2) is 30.1 Å². The number of nitrogens with zero attached hydrogens (tertiary/aromatic N) is 1. The van der Waals surface area contributed by atoms with Crippen LogP contribution in [0.25, 0.3) is 0 Å². The second-order valence-corrected chi connectivity index (χ2v) is 6.98. The summed E-state index contributed by atoms with van der Waals surface area (Å²) < 4.78 is 14.7. The summed E-state index contributed by atoms with van der Waals surface area (Å²) in [5.74, 6) is 0.700. The predicted octanol–water partition coefficient (Wildman–Crippen LogP) is 3.16. The molecule has 0 radical (unpaired) electrons. The van der Waals surface area contributed by atoms with Crippen LogP contribution in [0.4, 0.5) is 4.39 Å². The van der Waals surface area contributed by atoms with Crippen molar-refractivity contribution in [3.63, 3.8) is 0 Å². The summed E-state index contributed by atoms with van der Waals surface area (Å²) in [5, 5.41) is 3.65. The minimum absolute atomic E-state index is 0.110. The van der Waals surface area contributed by atoms with Gasteiger partial charge >= 0.3 is 0 Å². The topological polar surface area (TPSA) is 15.3 Å². The molecule has 104 valence electrons. The second kappa shape index (κ2) is 5.15. The lowest BCUT2D eigenvalue weighted by Crippen LogP contribution is -2.59. The monoisotopic (exact) mass is 326 g/mol. The molecule has 0 amide bonds. The van der Waals surface area contributed by atoms with Crippen molar-refractivity contribution in [3.05, 3.63) is 34.1 Å². The van der Waals surface area contributed by atoms with E-state index in [0.29, 0.717) is 6.54 Å². The van der Waals surface area contributed by atoms with Crippen molar-refractivity contribution in [2.45, 2.75) is 31.8 Å². The third kappa shape index (κ3) is 3.01. The zero-order valence-electron chi connectivity index (χ0n) is 11.3. The average Bonchev–Trinajstić information content (AvgIpc) is 3.17. The number of benzene rings is 1. The van der Waals surface area contributed by atoms with Crippen molar-refractivity contribution in [1.82, 2.24) is 10.2 Å². The van der Waals surface area contributed by atoms with Crippen LogP contribution in [0.1, 0.15) is 25.3 Å². The summed E-state index contributed by atoms with van der Waals surface area (Å²) in [6.45, 7) is 6.05. The van der Waals surface area contributed by atoms with Gasteiger partial charge in [0.05, 0.1) is 0 Å². The van der Waals surface area contributed by atoms with Gasteiger partial charge in [-0.1, -0.05) is 22.0 Å².